The number of nitrogens with zero attached hydrogens (tertiary/aromatic N) is 1. The summed E-state index contributed by atoms with van der Waals surface area (Å²) in [6, 6.07) is 10.3. The molecule has 0 spiro atoms. The highest BCUT2D eigenvalue weighted by molar-refractivity contribution is 6.35. The summed E-state index contributed by atoms with van der Waals surface area (Å²) < 4.78 is 6.44. The maximum atomic E-state index is 6.44. The smallest absolute Gasteiger partial charge is 0.140 e. The Bertz CT molecular complexity index is 742. The fourth-order valence-corrected chi connectivity index (χ4v) is 3.77. The van der Waals surface area contributed by atoms with E-state index in [2.05, 4.69) is 51.0 Å². The number of rotatable bonds is 3. The molecule has 0 unspecified atom stereocenters. The molecule has 0 bridgehead atoms. The van der Waals surface area contributed by atoms with Gasteiger partial charge in [0.05, 0.1) is 6.04 Å². The van der Waals surface area contributed by atoms with Crippen molar-refractivity contribution < 1.29 is 4.74 Å². The van der Waals surface area contributed by atoms with Gasteiger partial charge in [0.25, 0.3) is 0 Å². The van der Waals surface area contributed by atoms with Gasteiger partial charge in [-0.3, -0.25) is 0 Å². The maximum absolute atomic E-state index is 6.44. The van der Waals surface area contributed by atoms with E-state index in [0.29, 0.717) is 5.02 Å². The third kappa shape index (κ3) is 3.21. The van der Waals surface area contributed by atoms with Crippen molar-refractivity contribution in [3.63, 3.8) is 0 Å². The Labute approximate surface area is 148 Å². The summed E-state index contributed by atoms with van der Waals surface area (Å²) in [6.07, 6.45) is 0.796. The van der Waals surface area contributed by atoms with Crippen LogP contribution in [0.25, 0.3) is 0 Å². The standard InChI is InChI=1S/C19H21Cl2NO/c1-11-5-6-12(2)18(7-11)23-19-15-8-13(20)9-16(21)14(15)10-17(19)22(3)4/h5-9,17,19H,10H2,1-4H3/t17-,19-/m0/s1. The lowest BCUT2D eigenvalue weighted by molar-refractivity contribution is 0.110. The van der Waals surface area contributed by atoms with E-state index in [9.17, 15) is 0 Å². The number of ether oxygens (including phenoxy) is 1. The van der Waals surface area contributed by atoms with Crippen LogP contribution >= 0.6 is 23.2 Å². The lowest BCUT2D eigenvalue weighted by Gasteiger charge is -2.28. The first-order valence-corrected chi connectivity index (χ1v) is 8.50. The molecule has 2 atom stereocenters. The predicted molar refractivity (Wildman–Crippen MR) is 96.9 cm³/mol. The molecule has 0 saturated heterocycles. The van der Waals surface area contributed by atoms with E-state index in [1.165, 1.54) is 5.56 Å². The van der Waals surface area contributed by atoms with Crippen LogP contribution in [0, 0.1) is 13.8 Å². The maximum Gasteiger partial charge on any atom is 0.140 e. The second kappa shape index (κ2) is 6.35. The van der Waals surface area contributed by atoms with Crippen LogP contribution < -0.4 is 4.74 Å². The summed E-state index contributed by atoms with van der Waals surface area (Å²) in [5.41, 5.74) is 4.57. The van der Waals surface area contributed by atoms with Crippen molar-refractivity contribution in [3.05, 3.63) is 62.6 Å². The number of hydrogen-bond acceptors (Lipinski definition) is 2. The third-order valence-corrected chi connectivity index (χ3v) is 5.08. The first-order valence-electron chi connectivity index (χ1n) is 7.75. The van der Waals surface area contributed by atoms with Gasteiger partial charge in [0.1, 0.15) is 11.9 Å². The highest BCUT2D eigenvalue weighted by atomic mass is 35.5. The molecule has 4 heteroatoms. The lowest BCUT2D eigenvalue weighted by Crippen LogP contribution is -2.34. The van der Waals surface area contributed by atoms with Crippen molar-refractivity contribution in [2.45, 2.75) is 32.4 Å². The van der Waals surface area contributed by atoms with Gasteiger partial charge in [-0.15, -0.1) is 0 Å². The molecule has 2 aromatic rings. The Kier molecular flexibility index (Phi) is 4.59. The molecule has 0 amide bonds. The zero-order valence-corrected chi connectivity index (χ0v) is 15.4. The second-order valence-electron chi connectivity index (χ2n) is 6.50. The molecule has 122 valence electrons. The van der Waals surface area contributed by atoms with E-state index in [1.807, 2.05) is 12.1 Å². The average Bonchev–Trinajstić information content (AvgIpc) is 2.82. The van der Waals surface area contributed by atoms with Gasteiger partial charge in [0.15, 0.2) is 0 Å². The third-order valence-electron chi connectivity index (χ3n) is 4.52. The van der Waals surface area contributed by atoms with Crippen molar-refractivity contribution >= 4 is 23.2 Å². The normalized spacial score (nSPS) is 20.0. The molecule has 0 fully saturated rings. The fraction of sp³-hybridized carbons (Fsp3) is 0.368. The minimum atomic E-state index is -0.0725. The molecule has 0 aliphatic heterocycles. The van der Waals surface area contributed by atoms with Gasteiger partial charge in [-0.2, -0.15) is 0 Å². The summed E-state index contributed by atoms with van der Waals surface area (Å²) in [6.45, 7) is 4.15. The van der Waals surface area contributed by atoms with Crippen LogP contribution in [0.4, 0.5) is 0 Å². The molecule has 0 radical (unpaired) electrons. The van der Waals surface area contributed by atoms with Crippen LogP contribution in [0.5, 0.6) is 5.75 Å². The monoisotopic (exact) mass is 349 g/mol. The summed E-state index contributed by atoms with van der Waals surface area (Å²) in [7, 11) is 4.15. The second-order valence-corrected chi connectivity index (χ2v) is 7.34. The van der Waals surface area contributed by atoms with Crippen LogP contribution in [-0.2, 0) is 6.42 Å². The Morgan fingerprint density at radius 3 is 2.52 bits per heavy atom. The summed E-state index contributed by atoms with van der Waals surface area (Å²) >= 11 is 12.6. The number of benzene rings is 2. The average molecular weight is 350 g/mol. The zero-order chi connectivity index (χ0) is 16.7. The van der Waals surface area contributed by atoms with Gasteiger partial charge >= 0.3 is 0 Å². The Balaban J connectivity index is 2.04. The molecule has 0 N–H and O–H groups in total. The first-order chi connectivity index (χ1) is 10.9. The molecule has 0 heterocycles. The molecule has 2 nitrogen and oxygen atoms in total. The molecular weight excluding hydrogens is 329 g/mol. The topological polar surface area (TPSA) is 12.5 Å². The van der Waals surface area contributed by atoms with E-state index < -0.39 is 0 Å². The van der Waals surface area contributed by atoms with Crippen molar-refractivity contribution in [3.8, 4) is 5.75 Å². The van der Waals surface area contributed by atoms with Crippen LogP contribution in [0.1, 0.15) is 28.4 Å². The van der Waals surface area contributed by atoms with Crippen molar-refractivity contribution in [1.82, 2.24) is 4.90 Å². The number of likely N-dealkylation sites (N-methyl/N-ethyl adjacent to an activating group) is 1. The quantitative estimate of drug-likeness (QED) is 0.753. The van der Waals surface area contributed by atoms with Gasteiger partial charge in [-0.05, 0) is 69.3 Å². The lowest BCUT2D eigenvalue weighted by atomic mass is 10.1. The van der Waals surface area contributed by atoms with Crippen LogP contribution in [-0.4, -0.2) is 25.0 Å². The van der Waals surface area contributed by atoms with E-state index in [-0.39, 0.29) is 12.1 Å². The number of halogens is 2. The minimum Gasteiger partial charge on any atom is -0.484 e. The fourth-order valence-electron chi connectivity index (χ4n) is 3.18. The Hall–Kier alpha value is -1.22. The van der Waals surface area contributed by atoms with Gasteiger partial charge < -0.3 is 9.64 Å². The van der Waals surface area contributed by atoms with Gasteiger partial charge in [-0.1, -0.05) is 35.3 Å². The number of fused-ring (bicyclic) bond motifs is 1. The minimum absolute atomic E-state index is 0.0725. The van der Waals surface area contributed by atoms with Crippen molar-refractivity contribution in [2.24, 2.45) is 0 Å². The molecule has 1 aliphatic rings. The summed E-state index contributed by atoms with van der Waals surface area (Å²) in [5.74, 6) is 0.922. The number of hydrogen-bond donors (Lipinski definition) is 0. The molecule has 1 aliphatic carbocycles. The Morgan fingerprint density at radius 1 is 1.09 bits per heavy atom. The molecular formula is C19H21Cl2NO. The van der Waals surface area contributed by atoms with Gasteiger partial charge in [-0.25, -0.2) is 0 Å². The predicted octanol–water partition coefficient (Wildman–Crippen LogP) is 5.22. The van der Waals surface area contributed by atoms with E-state index >= 15 is 0 Å². The largest absolute Gasteiger partial charge is 0.484 e. The van der Waals surface area contributed by atoms with E-state index in [0.717, 1.165) is 33.9 Å². The van der Waals surface area contributed by atoms with Crippen molar-refractivity contribution in [2.75, 3.05) is 14.1 Å². The van der Waals surface area contributed by atoms with Crippen LogP contribution in [0.2, 0.25) is 10.0 Å². The summed E-state index contributed by atoms with van der Waals surface area (Å²) in [4.78, 5) is 2.19. The van der Waals surface area contributed by atoms with Crippen molar-refractivity contribution in [1.29, 1.82) is 0 Å². The van der Waals surface area contributed by atoms with Crippen LogP contribution in [0.15, 0.2) is 30.3 Å². The molecule has 0 saturated carbocycles. The first kappa shape index (κ1) is 16.6. The molecule has 2 aromatic carbocycles. The SMILES string of the molecule is Cc1ccc(C)c(O[C@H]2c3cc(Cl)cc(Cl)c3C[C@@H]2N(C)C)c1. The number of aryl methyl sites for hydroxylation is 2. The molecule has 23 heavy (non-hydrogen) atoms. The highest BCUT2D eigenvalue weighted by Gasteiger charge is 2.37. The zero-order valence-electron chi connectivity index (χ0n) is 13.9. The van der Waals surface area contributed by atoms with Gasteiger partial charge in [0, 0.05) is 15.6 Å². The molecule has 0 aromatic heterocycles. The highest BCUT2D eigenvalue weighted by Crippen LogP contribution is 2.42. The van der Waals surface area contributed by atoms with E-state index in [4.69, 9.17) is 27.9 Å². The van der Waals surface area contributed by atoms with E-state index in [1.54, 1.807) is 0 Å². The van der Waals surface area contributed by atoms with Crippen LogP contribution in [0.3, 0.4) is 0 Å². The Morgan fingerprint density at radius 2 is 1.83 bits per heavy atom. The molecule has 3 rings (SSSR count). The van der Waals surface area contributed by atoms with Gasteiger partial charge in [0.2, 0.25) is 0 Å². The summed E-state index contributed by atoms with van der Waals surface area (Å²) in [5, 5.41) is 1.38.